The van der Waals surface area contributed by atoms with Crippen molar-refractivity contribution in [2.75, 3.05) is 20.8 Å². The van der Waals surface area contributed by atoms with Gasteiger partial charge in [0.15, 0.2) is 17.3 Å². The van der Waals surface area contributed by atoms with Crippen LogP contribution in [0.4, 0.5) is 4.39 Å². The number of halogens is 1. The Balaban J connectivity index is 2.46. The summed E-state index contributed by atoms with van der Waals surface area (Å²) in [7, 11) is 2.94. The average molecular weight is 239 g/mol. The van der Waals surface area contributed by atoms with Crippen molar-refractivity contribution in [3.05, 3.63) is 23.5 Å². The van der Waals surface area contributed by atoms with Gasteiger partial charge in [0.2, 0.25) is 0 Å². The Bertz CT molecular complexity index is 411. The third-order valence-corrected chi connectivity index (χ3v) is 3.75. The van der Waals surface area contributed by atoms with Crippen LogP contribution in [0.25, 0.3) is 0 Å². The van der Waals surface area contributed by atoms with Crippen molar-refractivity contribution in [2.24, 2.45) is 5.73 Å². The topological polar surface area (TPSA) is 44.5 Å². The summed E-state index contributed by atoms with van der Waals surface area (Å²) in [4.78, 5) is 0. The summed E-state index contributed by atoms with van der Waals surface area (Å²) in [6.45, 7) is 0.544. The highest BCUT2D eigenvalue weighted by Gasteiger charge is 2.38. The van der Waals surface area contributed by atoms with Gasteiger partial charge in [-0.25, -0.2) is 4.39 Å². The van der Waals surface area contributed by atoms with E-state index < -0.39 is 0 Å². The zero-order valence-electron chi connectivity index (χ0n) is 10.3. The Kier molecular flexibility index (Phi) is 3.24. The third-order valence-electron chi connectivity index (χ3n) is 3.75. The molecule has 0 atom stereocenters. The van der Waals surface area contributed by atoms with Crippen molar-refractivity contribution in [1.29, 1.82) is 0 Å². The van der Waals surface area contributed by atoms with E-state index in [0.717, 1.165) is 24.8 Å². The van der Waals surface area contributed by atoms with Gasteiger partial charge in [-0.15, -0.1) is 0 Å². The molecule has 4 heteroatoms. The average Bonchev–Trinajstić information content (AvgIpc) is 2.27. The van der Waals surface area contributed by atoms with Crippen LogP contribution in [0.1, 0.15) is 24.8 Å². The lowest BCUT2D eigenvalue weighted by Gasteiger charge is -2.41. The molecule has 1 aliphatic rings. The fraction of sp³-hybridized carbons (Fsp3) is 0.538. The third kappa shape index (κ3) is 1.86. The Labute approximate surface area is 101 Å². The van der Waals surface area contributed by atoms with E-state index >= 15 is 0 Å². The molecule has 0 spiro atoms. The SMILES string of the molecule is COc1cc(C2(CN)CCC2)cc(F)c1OC. The van der Waals surface area contributed by atoms with E-state index in [1.807, 2.05) is 6.07 Å². The predicted octanol–water partition coefficient (Wildman–Crippen LogP) is 2.22. The van der Waals surface area contributed by atoms with Gasteiger partial charge in [0.25, 0.3) is 0 Å². The minimum atomic E-state index is -0.387. The number of methoxy groups -OCH3 is 2. The largest absolute Gasteiger partial charge is 0.493 e. The maximum Gasteiger partial charge on any atom is 0.196 e. The molecular weight excluding hydrogens is 221 g/mol. The molecule has 0 aromatic heterocycles. The normalized spacial score (nSPS) is 17.4. The molecule has 1 aromatic rings. The molecule has 0 amide bonds. The van der Waals surface area contributed by atoms with Crippen LogP contribution in [0.3, 0.4) is 0 Å². The molecule has 94 valence electrons. The smallest absolute Gasteiger partial charge is 0.196 e. The molecule has 2 rings (SSSR count). The monoisotopic (exact) mass is 239 g/mol. The summed E-state index contributed by atoms with van der Waals surface area (Å²) < 4.78 is 24.0. The zero-order chi connectivity index (χ0) is 12.5. The van der Waals surface area contributed by atoms with Gasteiger partial charge in [-0.05, 0) is 30.5 Å². The fourth-order valence-electron chi connectivity index (χ4n) is 2.44. The quantitative estimate of drug-likeness (QED) is 0.876. The van der Waals surface area contributed by atoms with Crippen LogP contribution >= 0.6 is 0 Å². The molecule has 2 N–H and O–H groups in total. The molecule has 0 aliphatic heterocycles. The first-order valence-corrected chi connectivity index (χ1v) is 5.79. The predicted molar refractivity (Wildman–Crippen MR) is 64.1 cm³/mol. The summed E-state index contributed by atoms with van der Waals surface area (Å²) in [5, 5.41) is 0. The highest BCUT2D eigenvalue weighted by atomic mass is 19.1. The number of rotatable bonds is 4. The fourth-order valence-corrected chi connectivity index (χ4v) is 2.44. The van der Waals surface area contributed by atoms with Gasteiger partial charge in [0.05, 0.1) is 14.2 Å². The van der Waals surface area contributed by atoms with Crippen molar-refractivity contribution in [2.45, 2.75) is 24.7 Å². The number of hydrogen-bond acceptors (Lipinski definition) is 3. The van der Waals surface area contributed by atoms with Crippen LogP contribution < -0.4 is 15.2 Å². The molecule has 1 aliphatic carbocycles. The molecule has 0 radical (unpaired) electrons. The summed E-state index contributed by atoms with van der Waals surface area (Å²) in [6.07, 6.45) is 3.17. The molecule has 0 saturated heterocycles. The number of hydrogen-bond donors (Lipinski definition) is 1. The van der Waals surface area contributed by atoms with Crippen molar-refractivity contribution in [3.8, 4) is 11.5 Å². The molecule has 17 heavy (non-hydrogen) atoms. The molecule has 1 saturated carbocycles. The second-order valence-corrected chi connectivity index (χ2v) is 4.53. The summed E-state index contributed by atoms with van der Waals surface area (Å²) in [6, 6.07) is 3.36. The van der Waals surface area contributed by atoms with Crippen LogP contribution in [0.2, 0.25) is 0 Å². The second-order valence-electron chi connectivity index (χ2n) is 4.53. The number of benzene rings is 1. The van der Waals surface area contributed by atoms with E-state index in [2.05, 4.69) is 0 Å². The van der Waals surface area contributed by atoms with E-state index in [1.165, 1.54) is 20.3 Å². The molecule has 3 nitrogen and oxygen atoms in total. The van der Waals surface area contributed by atoms with Gasteiger partial charge in [0, 0.05) is 12.0 Å². The van der Waals surface area contributed by atoms with E-state index in [1.54, 1.807) is 0 Å². The van der Waals surface area contributed by atoms with Crippen molar-refractivity contribution >= 4 is 0 Å². The minimum Gasteiger partial charge on any atom is -0.493 e. The highest BCUT2D eigenvalue weighted by Crippen LogP contribution is 2.45. The van der Waals surface area contributed by atoms with E-state index in [4.69, 9.17) is 15.2 Å². The first kappa shape index (κ1) is 12.2. The molecular formula is C13H18FNO2. The summed E-state index contributed by atoms with van der Waals surface area (Å²) in [5.74, 6) is 0.201. The Morgan fingerprint density at radius 2 is 2.00 bits per heavy atom. The van der Waals surface area contributed by atoms with E-state index in [-0.39, 0.29) is 17.0 Å². The van der Waals surface area contributed by atoms with Crippen LogP contribution in [-0.4, -0.2) is 20.8 Å². The highest BCUT2D eigenvalue weighted by molar-refractivity contribution is 5.47. The first-order chi connectivity index (χ1) is 8.16. The molecule has 1 fully saturated rings. The van der Waals surface area contributed by atoms with Crippen LogP contribution in [-0.2, 0) is 5.41 Å². The van der Waals surface area contributed by atoms with Crippen LogP contribution in [0, 0.1) is 5.82 Å². The molecule has 1 aromatic carbocycles. The van der Waals surface area contributed by atoms with Crippen molar-refractivity contribution in [1.82, 2.24) is 0 Å². The van der Waals surface area contributed by atoms with Gasteiger partial charge in [0.1, 0.15) is 0 Å². The molecule has 0 heterocycles. The van der Waals surface area contributed by atoms with Gasteiger partial charge >= 0.3 is 0 Å². The first-order valence-electron chi connectivity index (χ1n) is 5.79. The molecule has 0 unspecified atom stereocenters. The van der Waals surface area contributed by atoms with Gasteiger partial charge in [-0.1, -0.05) is 6.42 Å². The Morgan fingerprint density at radius 3 is 2.41 bits per heavy atom. The van der Waals surface area contributed by atoms with Crippen LogP contribution in [0.5, 0.6) is 11.5 Å². The number of nitrogens with two attached hydrogens (primary N) is 1. The second kappa shape index (κ2) is 4.53. The lowest BCUT2D eigenvalue weighted by Crippen LogP contribution is -2.41. The summed E-state index contributed by atoms with van der Waals surface area (Å²) in [5.41, 5.74) is 6.67. The van der Waals surface area contributed by atoms with Crippen molar-refractivity contribution in [3.63, 3.8) is 0 Å². The van der Waals surface area contributed by atoms with Gasteiger partial charge in [-0.3, -0.25) is 0 Å². The standard InChI is InChI=1S/C13H18FNO2/c1-16-11-7-9(6-10(14)12(11)17-2)13(8-15)4-3-5-13/h6-7H,3-5,8,15H2,1-2H3. The van der Waals surface area contributed by atoms with E-state index in [9.17, 15) is 4.39 Å². The zero-order valence-corrected chi connectivity index (χ0v) is 10.3. The number of ether oxygens (including phenoxy) is 2. The van der Waals surface area contributed by atoms with Crippen molar-refractivity contribution < 1.29 is 13.9 Å². The Hall–Kier alpha value is -1.29. The maximum atomic E-state index is 13.9. The maximum absolute atomic E-state index is 13.9. The van der Waals surface area contributed by atoms with Gasteiger partial charge in [-0.2, -0.15) is 0 Å². The minimum absolute atomic E-state index is 0.0691. The van der Waals surface area contributed by atoms with Gasteiger partial charge < -0.3 is 15.2 Å². The van der Waals surface area contributed by atoms with E-state index in [0.29, 0.717) is 12.3 Å². The lowest BCUT2D eigenvalue weighted by molar-refractivity contribution is 0.249. The van der Waals surface area contributed by atoms with Crippen LogP contribution in [0.15, 0.2) is 12.1 Å². The summed E-state index contributed by atoms with van der Waals surface area (Å²) >= 11 is 0. The Morgan fingerprint density at radius 1 is 1.29 bits per heavy atom. The lowest BCUT2D eigenvalue weighted by atomic mass is 9.64. The molecule has 0 bridgehead atoms.